The quantitative estimate of drug-likeness (QED) is 0.420. The largest absolute Gasteiger partial charge is 0.495 e. The Hall–Kier alpha value is -2.97. The highest BCUT2D eigenvalue weighted by Gasteiger charge is 2.25. The molecule has 8 heteroatoms. The second-order valence-corrected chi connectivity index (χ2v) is 10.4. The Morgan fingerprint density at radius 1 is 1.03 bits per heavy atom. The van der Waals surface area contributed by atoms with Gasteiger partial charge in [-0.1, -0.05) is 35.9 Å². The van der Waals surface area contributed by atoms with Crippen LogP contribution in [0.2, 0.25) is 0 Å². The number of para-hydroxylation sites is 1. The minimum absolute atomic E-state index is 0.0753. The molecular weight excluding hydrogens is 456 g/mol. The topological polar surface area (TPSA) is 75.7 Å². The fourth-order valence-corrected chi connectivity index (χ4v) is 5.76. The van der Waals surface area contributed by atoms with Crippen molar-refractivity contribution >= 4 is 39.1 Å². The lowest BCUT2D eigenvalue weighted by Gasteiger charge is -2.23. The molecule has 0 radical (unpaired) electrons. The molecule has 0 spiro atoms. The highest BCUT2D eigenvalue weighted by atomic mass is 32.2. The molecule has 3 rings (SSSR count). The van der Waals surface area contributed by atoms with E-state index in [2.05, 4.69) is 11.4 Å². The van der Waals surface area contributed by atoms with Crippen LogP contribution in [0.25, 0.3) is 0 Å². The molecule has 0 heterocycles. The number of aryl methyl sites for hydroxylation is 2. The van der Waals surface area contributed by atoms with Crippen LogP contribution in [0.3, 0.4) is 0 Å². The summed E-state index contributed by atoms with van der Waals surface area (Å²) in [5.41, 5.74) is 3.17. The van der Waals surface area contributed by atoms with Crippen molar-refractivity contribution in [2.75, 3.05) is 29.0 Å². The van der Waals surface area contributed by atoms with Crippen LogP contribution in [0, 0.1) is 13.8 Å². The number of sulfonamides is 1. The number of benzene rings is 3. The lowest BCUT2D eigenvalue weighted by Crippen LogP contribution is -2.30. The fraction of sp³-hybridized carbons (Fsp3) is 0.240. The summed E-state index contributed by atoms with van der Waals surface area (Å²) in [4.78, 5) is 13.8. The van der Waals surface area contributed by atoms with E-state index in [1.165, 1.54) is 40.9 Å². The minimum atomic E-state index is -3.83. The van der Waals surface area contributed by atoms with Crippen molar-refractivity contribution in [2.45, 2.75) is 30.6 Å². The molecule has 0 saturated carbocycles. The summed E-state index contributed by atoms with van der Waals surface area (Å²) in [6.45, 7) is 6.09. The molecule has 0 saturated heterocycles. The highest BCUT2D eigenvalue weighted by molar-refractivity contribution is 8.00. The second kappa shape index (κ2) is 10.8. The van der Waals surface area contributed by atoms with Gasteiger partial charge in [-0.25, -0.2) is 8.42 Å². The number of carbonyl (C=O) groups excluding carboxylic acids is 1. The maximum absolute atomic E-state index is 13.3. The van der Waals surface area contributed by atoms with Gasteiger partial charge in [-0.05, 0) is 62.7 Å². The van der Waals surface area contributed by atoms with E-state index in [-0.39, 0.29) is 23.1 Å². The Labute approximate surface area is 200 Å². The maximum atomic E-state index is 13.3. The van der Waals surface area contributed by atoms with E-state index in [9.17, 15) is 13.2 Å². The summed E-state index contributed by atoms with van der Waals surface area (Å²) in [7, 11) is -2.35. The lowest BCUT2D eigenvalue weighted by molar-refractivity contribution is -0.113. The minimum Gasteiger partial charge on any atom is -0.495 e. The van der Waals surface area contributed by atoms with E-state index in [1.807, 2.05) is 32.0 Å². The zero-order chi connectivity index (χ0) is 24.0. The third-order valence-corrected chi connectivity index (χ3v) is 8.13. The molecule has 0 atom stereocenters. The smallest absolute Gasteiger partial charge is 0.264 e. The van der Waals surface area contributed by atoms with Crippen molar-refractivity contribution in [2.24, 2.45) is 0 Å². The van der Waals surface area contributed by atoms with E-state index in [0.717, 1.165) is 10.5 Å². The lowest BCUT2D eigenvalue weighted by atomic mass is 10.2. The van der Waals surface area contributed by atoms with Crippen LogP contribution in [0.1, 0.15) is 18.1 Å². The highest BCUT2D eigenvalue weighted by Crippen LogP contribution is 2.31. The first-order valence-corrected chi connectivity index (χ1v) is 12.9. The molecule has 33 heavy (non-hydrogen) atoms. The summed E-state index contributed by atoms with van der Waals surface area (Å²) in [6.07, 6.45) is 0. The molecule has 6 nitrogen and oxygen atoms in total. The Morgan fingerprint density at radius 3 is 2.39 bits per heavy atom. The van der Waals surface area contributed by atoms with Crippen LogP contribution in [0.4, 0.5) is 11.4 Å². The van der Waals surface area contributed by atoms with Crippen LogP contribution >= 0.6 is 11.8 Å². The molecule has 0 aliphatic heterocycles. The van der Waals surface area contributed by atoms with Crippen LogP contribution < -0.4 is 14.4 Å². The molecule has 0 bridgehead atoms. The van der Waals surface area contributed by atoms with Crippen molar-refractivity contribution in [1.82, 2.24) is 0 Å². The normalized spacial score (nSPS) is 11.2. The average molecular weight is 485 g/mol. The van der Waals surface area contributed by atoms with Gasteiger partial charge in [0, 0.05) is 11.4 Å². The molecular formula is C25H28N2O4S2. The van der Waals surface area contributed by atoms with Crippen molar-refractivity contribution in [3.8, 4) is 5.75 Å². The van der Waals surface area contributed by atoms with Crippen LogP contribution in [0.5, 0.6) is 5.75 Å². The van der Waals surface area contributed by atoms with Gasteiger partial charge in [-0.3, -0.25) is 9.10 Å². The molecule has 174 valence electrons. The molecule has 1 amide bonds. The number of amides is 1. The number of nitrogens with zero attached hydrogens (tertiary/aromatic N) is 1. The SMILES string of the molecule is CCN(c1ccccc1)S(=O)(=O)c1ccc(OC)c(NC(=O)CSc2ccc(C)cc2C)c1. The van der Waals surface area contributed by atoms with Crippen molar-refractivity contribution < 1.29 is 17.9 Å². The van der Waals surface area contributed by atoms with Crippen molar-refractivity contribution in [1.29, 1.82) is 0 Å². The standard InChI is InChI=1S/C25H28N2O4S2/c1-5-27(20-9-7-6-8-10-20)33(29,30)21-12-13-23(31-4)22(16-21)26-25(28)17-32-24-14-11-18(2)15-19(24)3/h6-16H,5,17H2,1-4H3,(H,26,28). The average Bonchev–Trinajstić information content (AvgIpc) is 2.79. The molecule has 0 aliphatic carbocycles. The number of methoxy groups -OCH3 is 1. The fourth-order valence-electron chi connectivity index (χ4n) is 3.45. The summed E-state index contributed by atoms with van der Waals surface area (Å²) in [5, 5.41) is 2.80. The third-order valence-electron chi connectivity index (χ3n) is 5.05. The van der Waals surface area contributed by atoms with Crippen LogP contribution in [0.15, 0.2) is 76.5 Å². The van der Waals surface area contributed by atoms with Gasteiger partial charge in [0.1, 0.15) is 5.75 Å². The Bertz CT molecular complexity index is 1230. The van der Waals surface area contributed by atoms with Gasteiger partial charge < -0.3 is 10.1 Å². The number of hydrogen-bond acceptors (Lipinski definition) is 5. The Morgan fingerprint density at radius 2 is 1.76 bits per heavy atom. The number of anilines is 2. The zero-order valence-corrected chi connectivity index (χ0v) is 20.8. The van der Waals surface area contributed by atoms with E-state index >= 15 is 0 Å². The molecule has 0 unspecified atom stereocenters. The van der Waals surface area contributed by atoms with E-state index in [4.69, 9.17) is 4.74 Å². The number of nitrogens with one attached hydrogen (secondary N) is 1. The molecule has 0 fully saturated rings. The summed E-state index contributed by atoms with van der Waals surface area (Å²) >= 11 is 1.43. The van der Waals surface area contributed by atoms with E-state index < -0.39 is 10.0 Å². The predicted octanol–water partition coefficient (Wildman–Crippen LogP) is 5.26. The maximum Gasteiger partial charge on any atom is 0.264 e. The number of thioether (sulfide) groups is 1. The number of carbonyl (C=O) groups is 1. The Balaban J connectivity index is 1.82. The molecule has 0 aliphatic rings. The number of ether oxygens (including phenoxy) is 1. The first-order chi connectivity index (χ1) is 15.8. The molecule has 3 aromatic rings. The second-order valence-electron chi connectivity index (χ2n) is 7.47. The zero-order valence-electron chi connectivity index (χ0n) is 19.2. The van der Waals surface area contributed by atoms with Crippen molar-refractivity contribution in [3.63, 3.8) is 0 Å². The monoisotopic (exact) mass is 484 g/mol. The number of rotatable bonds is 9. The van der Waals surface area contributed by atoms with Gasteiger partial charge in [-0.15, -0.1) is 11.8 Å². The van der Waals surface area contributed by atoms with Crippen molar-refractivity contribution in [3.05, 3.63) is 77.9 Å². The van der Waals surface area contributed by atoms with E-state index in [0.29, 0.717) is 17.1 Å². The summed E-state index contributed by atoms with van der Waals surface area (Å²) in [5.74, 6) is 0.333. The molecule has 1 N–H and O–H groups in total. The van der Waals surface area contributed by atoms with Gasteiger partial charge in [0.15, 0.2) is 0 Å². The van der Waals surface area contributed by atoms with Crippen LogP contribution in [-0.4, -0.2) is 33.7 Å². The molecule has 0 aromatic heterocycles. The predicted molar refractivity (Wildman–Crippen MR) is 135 cm³/mol. The summed E-state index contributed by atoms with van der Waals surface area (Å²) in [6, 6.07) is 19.5. The van der Waals surface area contributed by atoms with Gasteiger partial charge in [0.25, 0.3) is 10.0 Å². The summed E-state index contributed by atoms with van der Waals surface area (Å²) < 4.78 is 33.4. The van der Waals surface area contributed by atoms with Gasteiger partial charge in [0.05, 0.1) is 29.1 Å². The first-order valence-electron chi connectivity index (χ1n) is 10.5. The van der Waals surface area contributed by atoms with Crippen LogP contribution in [-0.2, 0) is 14.8 Å². The Kier molecular flexibility index (Phi) is 8.05. The van der Waals surface area contributed by atoms with Gasteiger partial charge >= 0.3 is 0 Å². The molecule has 3 aromatic carbocycles. The third kappa shape index (κ3) is 5.89. The first kappa shape index (κ1) is 24.7. The van der Waals surface area contributed by atoms with E-state index in [1.54, 1.807) is 37.3 Å². The van der Waals surface area contributed by atoms with Gasteiger partial charge in [-0.2, -0.15) is 0 Å². The number of hydrogen-bond donors (Lipinski definition) is 1. The van der Waals surface area contributed by atoms with Gasteiger partial charge in [0.2, 0.25) is 5.91 Å².